The Bertz CT molecular complexity index is 667. The molecule has 3 rings (SSSR count). The predicted octanol–water partition coefficient (Wildman–Crippen LogP) is -3.47. The van der Waals surface area contributed by atoms with Gasteiger partial charge in [0.2, 0.25) is 11.8 Å². The molecule has 0 aromatic heterocycles. The molecule has 0 saturated carbocycles. The van der Waals surface area contributed by atoms with Crippen molar-refractivity contribution in [2.75, 3.05) is 0 Å². The van der Waals surface area contributed by atoms with Crippen molar-refractivity contribution in [1.82, 2.24) is 10.2 Å². The summed E-state index contributed by atoms with van der Waals surface area (Å²) >= 11 is 1.38. The van der Waals surface area contributed by atoms with Crippen molar-refractivity contribution < 1.29 is 49.0 Å². The zero-order valence-electron chi connectivity index (χ0n) is 13.8. The number of thioether (sulfide) groups is 1. The van der Waals surface area contributed by atoms with Crippen LogP contribution >= 0.6 is 11.8 Å². The molecule has 1 aromatic carbocycles. The number of carbonyl (C=O) groups excluding carboxylic acids is 3. The zero-order valence-corrected chi connectivity index (χ0v) is 16.6. The van der Waals surface area contributed by atoms with Crippen LogP contribution in [0.25, 0.3) is 0 Å². The van der Waals surface area contributed by atoms with Gasteiger partial charge in [-0.25, -0.2) is 0 Å². The van der Waals surface area contributed by atoms with E-state index in [1.165, 1.54) is 16.7 Å². The Morgan fingerprint density at radius 3 is 2.50 bits per heavy atom. The fourth-order valence-electron chi connectivity index (χ4n) is 3.13. The van der Waals surface area contributed by atoms with Gasteiger partial charge < -0.3 is 20.1 Å². The molecular formula is C16H17N2NaO4S. The van der Waals surface area contributed by atoms with E-state index in [-0.39, 0.29) is 53.2 Å². The van der Waals surface area contributed by atoms with Crippen LogP contribution in [0, 0.1) is 0 Å². The molecule has 8 heteroatoms. The summed E-state index contributed by atoms with van der Waals surface area (Å²) in [6, 6.07) is 7.61. The fourth-order valence-corrected chi connectivity index (χ4v) is 4.75. The number of rotatable bonds is 4. The number of hydrogen-bond donors (Lipinski definition) is 1. The molecule has 2 fully saturated rings. The summed E-state index contributed by atoms with van der Waals surface area (Å²) in [5, 5.41) is 13.7. The number of carboxylic acids is 1. The molecule has 3 atom stereocenters. The molecule has 0 unspecified atom stereocenters. The van der Waals surface area contributed by atoms with E-state index in [2.05, 4.69) is 5.32 Å². The number of carbonyl (C=O) groups is 3. The summed E-state index contributed by atoms with van der Waals surface area (Å²) in [5.74, 6) is -1.86. The molecule has 1 N–H and O–H groups in total. The second-order valence-electron chi connectivity index (χ2n) is 6.29. The van der Waals surface area contributed by atoms with Crippen LogP contribution in [0.4, 0.5) is 0 Å². The van der Waals surface area contributed by atoms with Gasteiger partial charge in [-0.1, -0.05) is 30.3 Å². The van der Waals surface area contributed by atoms with E-state index < -0.39 is 22.8 Å². The first-order chi connectivity index (χ1) is 10.8. The minimum atomic E-state index is -1.26. The van der Waals surface area contributed by atoms with Gasteiger partial charge in [0.1, 0.15) is 11.4 Å². The number of aliphatic carboxylic acids is 1. The van der Waals surface area contributed by atoms with Crippen molar-refractivity contribution in [3.8, 4) is 0 Å². The zero-order chi connectivity index (χ0) is 16.8. The standard InChI is InChI=1S/C16H18N2O4S.Na/c1-16(2)12(15(21)22)18-13(20)11(14(18)23-16)17-10(19)8-9-6-4-3-5-7-9;/h3-7,11-12,14H,8H2,1-2H3,(H,17,19)(H,21,22);/q;+1/p-1/t11-,12-,14+;/m1./s1. The third-order valence-electron chi connectivity index (χ3n) is 4.19. The molecule has 6 nitrogen and oxygen atoms in total. The van der Waals surface area contributed by atoms with E-state index in [4.69, 9.17) is 0 Å². The fraction of sp³-hybridized carbons (Fsp3) is 0.438. The van der Waals surface area contributed by atoms with Gasteiger partial charge in [-0.15, -0.1) is 11.8 Å². The quantitative estimate of drug-likeness (QED) is 0.447. The summed E-state index contributed by atoms with van der Waals surface area (Å²) in [7, 11) is 0. The Kier molecular flexibility index (Phi) is 5.69. The first-order valence-corrected chi connectivity index (χ1v) is 8.23. The van der Waals surface area contributed by atoms with Crippen LogP contribution in [0.2, 0.25) is 0 Å². The van der Waals surface area contributed by atoms with Crippen LogP contribution in [0.15, 0.2) is 30.3 Å². The molecule has 0 bridgehead atoms. The van der Waals surface area contributed by atoms with Gasteiger partial charge in [0.05, 0.1) is 18.4 Å². The number of benzene rings is 1. The van der Waals surface area contributed by atoms with Gasteiger partial charge in [-0.2, -0.15) is 0 Å². The number of nitrogens with one attached hydrogen (secondary N) is 1. The monoisotopic (exact) mass is 356 g/mol. The van der Waals surface area contributed by atoms with Crippen LogP contribution in [0.1, 0.15) is 19.4 Å². The molecule has 1 aromatic rings. The van der Waals surface area contributed by atoms with Crippen LogP contribution < -0.4 is 40.0 Å². The van der Waals surface area contributed by atoms with Crippen molar-refractivity contribution >= 4 is 29.5 Å². The van der Waals surface area contributed by atoms with Crippen molar-refractivity contribution in [3.05, 3.63) is 35.9 Å². The summed E-state index contributed by atoms with van der Waals surface area (Å²) in [5.41, 5.74) is 0.862. The van der Waals surface area contributed by atoms with Crippen molar-refractivity contribution in [1.29, 1.82) is 0 Å². The van der Waals surface area contributed by atoms with Crippen LogP contribution in [-0.4, -0.2) is 44.9 Å². The van der Waals surface area contributed by atoms with Crippen molar-refractivity contribution in [2.24, 2.45) is 0 Å². The second-order valence-corrected chi connectivity index (χ2v) is 8.06. The van der Waals surface area contributed by atoms with E-state index in [1.54, 1.807) is 13.8 Å². The number of fused-ring (bicyclic) bond motifs is 1. The van der Waals surface area contributed by atoms with Gasteiger partial charge >= 0.3 is 29.6 Å². The average molecular weight is 356 g/mol. The molecule has 0 radical (unpaired) electrons. The largest absolute Gasteiger partial charge is 1.00 e. The normalized spacial score (nSPS) is 26.8. The van der Waals surface area contributed by atoms with E-state index in [1.807, 2.05) is 30.3 Å². The van der Waals surface area contributed by atoms with Crippen molar-refractivity contribution in [2.45, 2.75) is 42.5 Å². The molecule has 0 aliphatic carbocycles. The maximum Gasteiger partial charge on any atom is 1.00 e. The molecule has 2 amide bonds. The smallest absolute Gasteiger partial charge is 0.548 e. The summed E-state index contributed by atoms with van der Waals surface area (Å²) in [4.78, 5) is 37.0. The average Bonchev–Trinajstić information content (AvgIpc) is 2.74. The molecule has 2 heterocycles. The number of β-lactam (4-membered cyclic amide) rings is 1. The van der Waals surface area contributed by atoms with Crippen LogP contribution in [-0.2, 0) is 20.8 Å². The number of nitrogens with zero attached hydrogens (tertiary/aromatic N) is 1. The van der Waals surface area contributed by atoms with Gasteiger partial charge in [0.25, 0.3) is 0 Å². The van der Waals surface area contributed by atoms with Gasteiger partial charge in [-0.05, 0) is 19.4 Å². The number of carboxylic acid groups (broad SMARTS) is 1. The van der Waals surface area contributed by atoms with E-state index in [9.17, 15) is 19.5 Å². The maximum absolute atomic E-state index is 12.2. The van der Waals surface area contributed by atoms with Crippen LogP contribution in [0.3, 0.4) is 0 Å². The summed E-state index contributed by atoms with van der Waals surface area (Å²) in [6.07, 6.45) is 0.190. The van der Waals surface area contributed by atoms with Gasteiger partial charge in [0, 0.05) is 4.75 Å². The first kappa shape index (κ1) is 19.3. The molecule has 2 aliphatic heterocycles. The number of amides is 2. The Morgan fingerprint density at radius 1 is 1.29 bits per heavy atom. The van der Waals surface area contributed by atoms with Gasteiger partial charge in [0.15, 0.2) is 0 Å². The SMILES string of the molecule is CC1(C)S[C@H]2[C@H](NC(=O)Cc3ccccc3)C(=O)N2[C@@H]1C(=O)[O-].[Na+]. The molecular weight excluding hydrogens is 339 g/mol. The molecule has 24 heavy (non-hydrogen) atoms. The van der Waals surface area contributed by atoms with Crippen molar-refractivity contribution in [3.63, 3.8) is 0 Å². The second kappa shape index (κ2) is 7.07. The van der Waals surface area contributed by atoms with Crippen LogP contribution in [0.5, 0.6) is 0 Å². The first-order valence-electron chi connectivity index (χ1n) is 7.35. The Morgan fingerprint density at radius 2 is 1.92 bits per heavy atom. The minimum absolute atomic E-state index is 0. The Labute approximate surface area is 166 Å². The summed E-state index contributed by atoms with van der Waals surface area (Å²) < 4.78 is -0.641. The third kappa shape index (κ3) is 3.35. The molecule has 2 aliphatic rings. The summed E-state index contributed by atoms with van der Waals surface area (Å²) in [6.45, 7) is 3.54. The predicted molar refractivity (Wildman–Crippen MR) is 83.2 cm³/mol. The maximum atomic E-state index is 12.2. The van der Waals surface area contributed by atoms with Gasteiger partial charge in [-0.3, -0.25) is 9.59 Å². The number of hydrogen-bond acceptors (Lipinski definition) is 5. The molecule has 2 saturated heterocycles. The Hall–Kier alpha value is -1.02. The third-order valence-corrected chi connectivity index (χ3v) is 5.76. The van der Waals surface area contributed by atoms with E-state index >= 15 is 0 Å². The van der Waals surface area contributed by atoms with E-state index in [0.717, 1.165) is 5.56 Å². The van der Waals surface area contributed by atoms with E-state index in [0.29, 0.717) is 0 Å². The Balaban J connectivity index is 0.00000208. The molecule has 122 valence electrons. The minimum Gasteiger partial charge on any atom is -0.548 e. The molecule has 0 spiro atoms. The topological polar surface area (TPSA) is 89.5 Å².